The zero-order valence-corrected chi connectivity index (χ0v) is 14.7. The van der Waals surface area contributed by atoms with Crippen LogP contribution < -0.4 is 16.0 Å². The second-order valence-electron chi connectivity index (χ2n) is 4.89. The smallest absolute Gasteiger partial charge is 0.226 e. The Bertz CT molecular complexity index is 535. The molecule has 6 nitrogen and oxygen atoms in total. The van der Waals surface area contributed by atoms with Gasteiger partial charge in [0.2, 0.25) is 5.91 Å². The molecule has 0 heterocycles. The van der Waals surface area contributed by atoms with Gasteiger partial charge in [0.1, 0.15) is 0 Å². The van der Waals surface area contributed by atoms with Crippen molar-refractivity contribution >= 4 is 29.2 Å². The van der Waals surface area contributed by atoms with E-state index in [2.05, 4.69) is 20.9 Å². The fourth-order valence-corrected chi connectivity index (χ4v) is 2.02. The van der Waals surface area contributed by atoms with Gasteiger partial charge in [-0.05, 0) is 31.5 Å². The number of carbonyl (C=O) groups is 1. The van der Waals surface area contributed by atoms with E-state index in [4.69, 9.17) is 16.3 Å². The molecule has 23 heavy (non-hydrogen) atoms. The average molecular weight is 341 g/mol. The fraction of sp³-hybridized carbons (Fsp3) is 0.500. The summed E-state index contributed by atoms with van der Waals surface area (Å²) in [6.45, 7) is 6.24. The minimum atomic E-state index is -0.0735. The molecule has 0 fully saturated rings. The number of nitrogens with zero attached hydrogens (tertiary/aromatic N) is 1. The van der Waals surface area contributed by atoms with E-state index >= 15 is 0 Å². The largest absolute Gasteiger partial charge is 0.383 e. The van der Waals surface area contributed by atoms with E-state index in [9.17, 15) is 4.79 Å². The number of hydrogen-bond acceptors (Lipinski definition) is 3. The third-order valence-electron chi connectivity index (χ3n) is 3.10. The summed E-state index contributed by atoms with van der Waals surface area (Å²) in [5.74, 6) is 0.604. The zero-order valence-electron chi connectivity index (χ0n) is 13.9. The SMILES string of the molecule is CCNC(=NCCOC)NCCC(=O)Nc1cccc(Cl)c1C. The minimum Gasteiger partial charge on any atom is -0.383 e. The van der Waals surface area contributed by atoms with Crippen molar-refractivity contribution in [2.75, 3.05) is 38.7 Å². The van der Waals surface area contributed by atoms with Gasteiger partial charge in [-0.3, -0.25) is 9.79 Å². The summed E-state index contributed by atoms with van der Waals surface area (Å²) >= 11 is 6.04. The fourth-order valence-electron chi connectivity index (χ4n) is 1.84. The Morgan fingerprint density at radius 1 is 1.35 bits per heavy atom. The van der Waals surface area contributed by atoms with Crippen LogP contribution in [0.25, 0.3) is 0 Å². The van der Waals surface area contributed by atoms with Crippen LogP contribution in [0.5, 0.6) is 0 Å². The monoisotopic (exact) mass is 340 g/mol. The lowest BCUT2D eigenvalue weighted by Crippen LogP contribution is -2.39. The molecule has 7 heteroatoms. The van der Waals surface area contributed by atoms with Crippen molar-refractivity contribution in [2.24, 2.45) is 4.99 Å². The van der Waals surface area contributed by atoms with Crippen LogP contribution in [0.4, 0.5) is 5.69 Å². The molecule has 1 aromatic carbocycles. The van der Waals surface area contributed by atoms with Gasteiger partial charge in [-0.25, -0.2) is 0 Å². The van der Waals surface area contributed by atoms with Gasteiger partial charge in [-0.15, -0.1) is 0 Å². The molecule has 0 radical (unpaired) electrons. The highest BCUT2D eigenvalue weighted by Gasteiger charge is 2.07. The number of nitrogens with one attached hydrogen (secondary N) is 3. The summed E-state index contributed by atoms with van der Waals surface area (Å²) < 4.78 is 4.96. The predicted molar refractivity (Wildman–Crippen MR) is 95.3 cm³/mol. The van der Waals surface area contributed by atoms with E-state index in [1.54, 1.807) is 13.2 Å². The molecular weight excluding hydrogens is 316 g/mol. The summed E-state index contributed by atoms with van der Waals surface area (Å²) in [6.07, 6.45) is 0.334. The van der Waals surface area contributed by atoms with E-state index in [1.807, 2.05) is 26.0 Å². The predicted octanol–water partition coefficient (Wildman–Crippen LogP) is 2.18. The molecule has 1 amide bonds. The maximum absolute atomic E-state index is 12.0. The van der Waals surface area contributed by atoms with E-state index in [0.29, 0.717) is 37.1 Å². The highest BCUT2D eigenvalue weighted by molar-refractivity contribution is 6.31. The molecule has 0 bridgehead atoms. The van der Waals surface area contributed by atoms with Gasteiger partial charge in [0.05, 0.1) is 13.2 Å². The van der Waals surface area contributed by atoms with E-state index in [-0.39, 0.29) is 5.91 Å². The third-order valence-corrected chi connectivity index (χ3v) is 3.51. The lowest BCUT2D eigenvalue weighted by atomic mass is 10.2. The van der Waals surface area contributed by atoms with Gasteiger partial charge < -0.3 is 20.7 Å². The molecule has 0 aliphatic carbocycles. The summed E-state index contributed by atoms with van der Waals surface area (Å²) in [5, 5.41) is 9.74. The summed E-state index contributed by atoms with van der Waals surface area (Å²) in [5.41, 5.74) is 1.60. The van der Waals surface area contributed by atoms with Crippen LogP contribution in [0.15, 0.2) is 23.2 Å². The summed E-state index contributed by atoms with van der Waals surface area (Å²) in [4.78, 5) is 16.3. The molecular formula is C16H25ClN4O2. The molecule has 3 N–H and O–H groups in total. The second kappa shape index (κ2) is 10.9. The summed E-state index contributed by atoms with van der Waals surface area (Å²) in [6, 6.07) is 5.45. The topological polar surface area (TPSA) is 74.8 Å². The number of carbonyl (C=O) groups excluding carboxylic acids is 1. The van der Waals surface area contributed by atoms with Crippen LogP contribution in [-0.4, -0.2) is 45.2 Å². The lowest BCUT2D eigenvalue weighted by molar-refractivity contribution is -0.116. The normalized spacial score (nSPS) is 11.2. The second-order valence-corrected chi connectivity index (χ2v) is 5.30. The number of amides is 1. The number of hydrogen-bond donors (Lipinski definition) is 3. The first-order chi connectivity index (χ1) is 11.1. The lowest BCUT2D eigenvalue weighted by Gasteiger charge is -2.12. The number of benzene rings is 1. The van der Waals surface area contributed by atoms with Crippen molar-refractivity contribution < 1.29 is 9.53 Å². The molecule has 0 saturated carbocycles. The van der Waals surface area contributed by atoms with Crippen molar-refractivity contribution in [3.8, 4) is 0 Å². The number of guanidine groups is 1. The number of rotatable bonds is 8. The molecule has 0 unspecified atom stereocenters. The molecule has 1 aromatic rings. The quantitative estimate of drug-likeness (QED) is 0.385. The molecule has 0 spiro atoms. The first kappa shape index (κ1) is 19.3. The van der Waals surface area contributed by atoms with Gasteiger partial charge in [-0.1, -0.05) is 17.7 Å². The Morgan fingerprint density at radius 2 is 2.13 bits per heavy atom. The van der Waals surface area contributed by atoms with Crippen molar-refractivity contribution in [1.82, 2.24) is 10.6 Å². The van der Waals surface area contributed by atoms with Crippen LogP contribution in [0.1, 0.15) is 18.9 Å². The van der Waals surface area contributed by atoms with Gasteiger partial charge >= 0.3 is 0 Å². The molecule has 0 aliphatic heterocycles. The van der Waals surface area contributed by atoms with Gasteiger partial charge in [0.25, 0.3) is 0 Å². The standard InChI is InChI=1S/C16H25ClN4O2/c1-4-18-16(20-10-11-23-3)19-9-8-15(22)21-14-7-5-6-13(17)12(14)2/h5-7H,4,8-11H2,1-3H3,(H,21,22)(H2,18,19,20). The van der Waals surface area contributed by atoms with Crippen LogP contribution >= 0.6 is 11.6 Å². The Hall–Kier alpha value is -1.79. The summed E-state index contributed by atoms with van der Waals surface area (Å²) in [7, 11) is 1.64. The van der Waals surface area contributed by atoms with E-state index in [1.165, 1.54) is 0 Å². The highest BCUT2D eigenvalue weighted by atomic mass is 35.5. The average Bonchev–Trinajstić information content (AvgIpc) is 2.52. The molecule has 0 aromatic heterocycles. The number of aliphatic imine (C=N–C) groups is 1. The van der Waals surface area contributed by atoms with Gasteiger partial charge in [0.15, 0.2) is 5.96 Å². The van der Waals surface area contributed by atoms with E-state index < -0.39 is 0 Å². The number of ether oxygens (including phenoxy) is 1. The van der Waals surface area contributed by atoms with Crippen molar-refractivity contribution in [2.45, 2.75) is 20.3 Å². The van der Waals surface area contributed by atoms with Gasteiger partial charge in [0, 0.05) is 37.3 Å². The Labute approximate surface area is 142 Å². The number of halogens is 1. The van der Waals surface area contributed by atoms with Crippen molar-refractivity contribution in [3.05, 3.63) is 28.8 Å². The Balaban J connectivity index is 2.42. The maximum Gasteiger partial charge on any atom is 0.226 e. The molecule has 0 atom stereocenters. The molecule has 1 rings (SSSR count). The van der Waals surface area contributed by atoms with Crippen LogP contribution in [0.3, 0.4) is 0 Å². The minimum absolute atomic E-state index is 0.0735. The van der Waals surface area contributed by atoms with Crippen LogP contribution in [0.2, 0.25) is 5.02 Å². The third kappa shape index (κ3) is 7.34. The van der Waals surface area contributed by atoms with Crippen molar-refractivity contribution in [3.63, 3.8) is 0 Å². The maximum atomic E-state index is 12.0. The molecule has 0 aliphatic rings. The zero-order chi connectivity index (χ0) is 17.1. The number of anilines is 1. The van der Waals surface area contributed by atoms with Crippen LogP contribution in [0, 0.1) is 6.92 Å². The molecule has 0 saturated heterocycles. The highest BCUT2D eigenvalue weighted by Crippen LogP contribution is 2.22. The van der Waals surface area contributed by atoms with E-state index in [0.717, 1.165) is 17.8 Å². The van der Waals surface area contributed by atoms with Crippen LogP contribution in [-0.2, 0) is 9.53 Å². The first-order valence-corrected chi connectivity index (χ1v) is 8.02. The van der Waals surface area contributed by atoms with Gasteiger partial charge in [-0.2, -0.15) is 0 Å². The number of methoxy groups -OCH3 is 1. The van der Waals surface area contributed by atoms with Crippen molar-refractivity contribution in [1.29, 1.82) is 0 Å². The Morgan fingerprint density at radius 3 is 2.83 bits per heavy atom. The Kier molecular flexibility index (Phi) is 9.09. The molecule has 128 valence electrons. The first-order valence-electron chi connectivity index (χ1n) is 7.64.